The summed E-state index contributed by atoms with van der Waals surface area (Å²) in [6.45, 7) is -0.473. The number of hydrogen-bond acceptors (Lipinski definition) is 3. The Morgan fingerprint density at radius 3 is 2.43 bits per heavy atom. The van der Waals surface area contributed by atoms with E-state index in [4.69, 9.17) is 4.74 Å². The molecular weight excluding hydrogens is 388 g/mol. The van der Waals surface area contributed by atoms with Crippen LogP contribution in [0.25, 0.3) is 0 Å². The average molecular weight is 399 g/mol. The average Bonchev–Trinajstić information content (AvgIpc) is 2.48. The molecule has 1 N–H and O–H groups in total. The predicted octanol–water partition coefficient (Wildman–Crippen LogP) is 3.23. The number of ether oxygens (including phenoxy) is 1. The molecule has 0 aliphatic carbocycles. The lowest BCUT2D eigenvalue weighted by Gasteiger charge is -2.07. The van der Waals surface area contributed by atoms with Gasteiger partial charge >= 0.3 is 5.97 Å². The number of anilines is 1. The lowest BCUT2D eigenvalue weighted by atomic mass is 10.2. The molecule has 0 radical (unpaired) electrons. The number of carbonyl (C=O) groups is 2. The number of rotatable bonds is 4. The molecule has 0 spiro atoms. The fourth-order valence-corrected chi connectivity index (χ4v) is 1.93. The van der Waals surface area contributed by atoms with E-state index >= 15 is 0 Å². The molecule has 0 fully saturated rings. The summed E-state index contributed by atoms with van der Waals surface area (Å²) in [7, 11) is 0. The summed E-state index contributed by atoms with van der Waals surface area (Å²) in [6, 6.07) is 12.6. The van der Waals surface area contributed by atoms with Crippen molar-refractivity contribution in [2.45, 2.75) is 0 Å². The summed E-state index contributed by atoms with van der Waals surface area (Å²) in [5.41, 5.74) is 0.405. The Kier molecular flexibility index (Phi) is 5.26. The molecule has 2 aromatic rings. The van der Waals surface area contributed by atoms with Gasteiger partial charge < -0.3 is 10.1 Å². The van der Waals surface area contributed by atoms with E-state index in [1.54, 1.807) is 12.1 Å². The van der Waals surface area contributed by atoms with Crippen LogP contribution < -0.4 is 5.32 Å². The molecule has 0 saturated heterocycles. The van der Waals surface area contributed by atoms with Crippen molar-refractivity contribution in [3.63, 3.8) is 0 Å². The Labute approximate surface area is 134 Å². The van der Waals surface area contributed by atoms with Crippen LogP contribution in [0.1, 0.15) is 10.4 Å². The maximum Gasteiger partial charge on any atom is 0.341 e. The van der Waals surface area contributed by atoms with Crippen molar-refractivity contribution in [2.75, 3.05) is 11.9 Å². The molecule has 1 amide bonds. The first-order chi connectivity index (χ1) is 10.1. The highest BCUT2D eigenvalue weighted by atomic mass is 127. The minimum atomic E-state index is -0.870. The molecule has 4 nitrogen and oxygen atoms in total. The minimum Gasteiger partial charge on any atom is -0.452 e. The van der Waals surface area contributed by atoms with Crippen molar-refractivity contribution >= 4 is 40.2 Å². The highest BCUT2D eigenvalue weighted by Gasteiger charge is 2.14. The summed E-state index contributed by atoms with van der Waals surface area (Å²) >= 11 is 2.15. The zero-order valence-electron chi connectivity index (χ0n) is 10.8. The first-order valence-electron chi connectivity index (χ1n) is 6.03. The monoisotopic (exact) mass is 399 g/mol. The van der Waals surface area contributed by atoms with Crippen molar-refractivity contribution < 1.29 is 18.7 Å². The lowest BCUT2D eigenvalue weighted by molar-refractivity contribution is -0.119. The molecule has 0 atom stereocenters. The third-order valence-corrected chi connectivity index (χ3v) is 3.28. The van der Waals surface area contributed by atoms with Crippen LogP contribution in [0.3, 0.4) is 0 Å². The van der Waals surface area contributed by atoms with E-state index in [-0.39, 0.29) is 5.56 Å². The van der Waals surface area contributed by atoms with E-state index in [2.05, 4.69) is 27.9 Å². The molecule has 0 bridgehead atoms. The van der Waals surface area contributed by atoms with Gasteiger partial charge in [-0.05, 0) is 59.0 Å². The smallest absolute Gasteiger partial charge is 0.341 e. The molecule has 6 heteroatoms. The van der Waals surface area contributed by atoms with Gasteiger partial charge in [0.15, 0.2) is 6.61 Å². The molecule has 0 heterocycles. The molecule has 0 aliphatic heterocycles. The van der Waals surface area contributed by atoms with E-state index in [0.717, 1.165) is 9.64 Å². The summed E-state index contributed by atoms with van der Waals surface area (Å²) in [4.78, 5) is 23.3. The second-order valence-electron chi connectivity index (χ2n) is 4.11. The fraction of sp³-hybridized carbons (Fsp3) is 0.0667. The Balaban J connectivity index is 1.88. The Morgan fingerprint density at radius 1 is 1.10 bits per heavy atom. The molecule has 0 saturated carbocycles. The quantitative estimate of drug-likeness (QED) is 0.635. The zero-order chi connectivity index (χ0) is 15.2. The van der Waals surface area contributed by atoms with Crippen molar-refractivity contribution in [2.24, 2.45) is 0 Å². The topological polar surface area (TPSA) is 55.4 Å². The number of carbonyl (C=O) groups excluding carboxylic acids is 2. The Morgan fingerprint density at radius 2 is 1.76 bits per heavy atom. The van der Waals surface area contributed by atoms with Gasteiger partial charge in [-0.25, -0.2) is 9.18 Å². The van der Waals surface area contributed by atoms with Gasteiger partial charge in [-0.3, -0.25) is 4.79 Å². The fourth-order valence-electron chi connectivity index (χ4n) is 1.57. The maximum atomic E-state index is 13.3. The third-order valence-electron chi connectivity index (χ3n) is 2.56. The summed E-state index contributed by atoms with van der Waals surface area (Å²) in [5, 5.41) is 2.58. The zero-order valence-corrected chi connectivity index (χ0v) is 13.0. The number of esters is 1. The lowest BCUT2D eigenvalue weighted by Crippen LogP contribution is -2.21. The molecule has 108 valence electrons. The summed E-state index contributed by atoms with van der Waals surface area (Å²) in [6.07, 6.45) is 0. The molecule has 2 aromatic carbocycles. The highest BCUT2D eigenvalue weighted by Crippen LogP contribution is 2.11. The highest BCUT2D eigenvalue weighted by molar-refractivity contribution is 14.1. The number of halogens is 2. The number of benzene rings is 2. The van der Waals surface area contributed by atoms with Gasteiger partial charge in [-0.15, -0.1) is 0 Å². The van der Waals surface area contributed by atoms with Crippen LogP contribution in [-0.4, -0.2) is 18.5 Å². The standard InChI is InChI=1S/C15H11FINO3/c16-13-4-2-1-3-12(13)15(20)21-9-14(19)18-11-7-5-10(17)6-8-11/h1-8H,9H2,(H,18,19). The molecular formula is C15H11FINO3. The number of hydrogen-bond donors (Lipinski definition) is 1. The van der Waals surface area contributed by atoms with Crippen LogP contribution in [-0.2, 0) is 9.53 Å². The second kappa shape index (κ2) is 7.16. The van der Waals surface area contributed by atoms with Gasteiger partial charge in [0.05, 0.1) is 5.56 Å². The van der Waals surface area contributed by atoms with Gasteiger partial charge in [0, 0.05) is 9.26 Å². The van der Waals surface area contributed by atoms with E-state index in [9.17, 15) is 14.0 Å². The van der Waals surface area contributed by atoms with Crippen molar-refractivity contribution in [3.05, 3.63) is 63.5 Å². The van der Waals surface area contributed by atoms with E-state index < -0.39 is 24.3 Å². The van der Waals surface area contributed by atoms with E-state index in [1.165, 1.54) is 18.2 Å². The van der Waals surface area contributed by atoms with Crippen LogP contribution in [0.15, 0.2) is 48.5 Å². The Hall–Kier alpha value is -1.96. The van der Waals surface area contributed by atoms with Gasteiger partial charge in [0.2, 0.25) is 0 Å². The van der Waals surface area contributed by atoms with Crippen LogP contribution in [0.5, 0.6) is 0 Å². The van der Waals surface area contributed by atoms with Crippen molar-refractivity contribution in [1.29, 1.82) is 0 Å². The van der Waals surface area contributed by atoms with Crippen LogP contribution >= 0.6 is 22.6 Å². The van der Waals surface area contributed by atoms with Crippen LogP contribution in [0.4, 0.5) is 10.1 Å². The van der Waals surface area contributed by atoms with Crippen molar-refractivity contribution in [3.8, 4) is 0 Å². The molecule has 0 aromatic heterocycles. The van der Waals surface area contributed by atoms with Crippen LogP contribution in [0.2, 0.25) is 0 Å². The first-order valence-corrected chi connectivity index (χ1v) is 7.11. The number of nitrogens with one attached hydrogen (secondary N) is 1. The molecule has 2 rings (SSSR count). The van der Waals surface area contributed by atoms with Crippen LogP contribution in [0, 0.1) is 9.39 Å². The number of amides is 1. The molecule has 0 unspecified atom stereocenters. The van der Waals surface area contributed by atoms with Gasteiger partial charge in [0.25, 0.3) is 5.91 Å². The predicted molar refractivity (Wildman–Crippen MR) is 84.5 cm³/mol. The molecule has 21 heavy (non-hydrogen) atoms. The van der Waals surface area contributed by atoms with E-state index in [0.29, 0.717) is 5.69 Å². The van der Waals surface area contributed by atoms with E-state index in [1.807, 2.05) is 12.1 Å². The second-order valence-corrected chi connectivity index (χ2v) is 5.36. The van der Waals surface area contributed by atoms with Gasteiger partial charge in [-0.1, -0.05) is 12.1 Å². The Bertz CT molecular complexity index is 658. The molecule has 0 aliphatic rings. The van der Waals surface area contributed by atoms with Crippen molar-refractivity contribution in [1.82, 2.24) is 0 Å². The minimum absolute atomic E-state index is 0.195. The third kappa shape index (κ3) is 4.52. The largest absolute Gasteiger partial charge is 0.452 e. The first kappa shape index (κ1) is 15.4. The van der Waals surface area contributed by atoms with Gasteiger partial charge in [0.1, 0.15) is 5.82 Å². The summed E-state index contributed by atoms with van der Waals surface area (Å²) < 4.78 is 19.2. The maximum absolute atomic E-state index is 13.3. The normalized spacial score (nSPS) is 10.0. The van der Waals surface area contributed by atoms with Gasteiger partial charge in [-0.2, -0.15) is 0 Å². The summed E-state index contributed by atoms with van der Waals surface area (Å²) in [5.74, 6) is -2.03. The SMILES string of the molecule is O=C(COC(=O)c1ccccc1F)Nc1ccc(I)cc1.